The Kier molecular flexibility index (Phi) is 6.38. The molecule has 0 amide bonds. The average Bonchev–Trinajstić information content (AvgIpc) is 2.26. The largest absolute Gasteiger partial charge is 0.299 e. The van der Waals surface area contributed by atoms with Gasteiger partial charge < -0.3 is 0 Å². The van der Waals surface area contributed by atoms with Gasteiger partial charge in [-0.2, -0.15) is 0 Å². The third-order valence-corrected chi connectivity index (χ3v) is 3.12. The number of hydrogen-bond acceptors (Lipinski definition) is 1. The molecule has 0 unspecified atom stereocenters. The van der Waals surface area contributed by atoms with Crippen molar-refractivity contribution in [1.82, 2.24) is 0 Å². The van der Waals surface area contributed by atoms with Gasteiger partial charge in [0.2, 0.25) is 0 Å². The van der Waals surface area contributed by atoms with Crippen molar-refractivity contribution in [2.24, 2.45) is 0 Å². The normalized spacial score (nSPS) is 16.2. The molecule has 0 bridgehead atoms. The van der Waals surface area contributed by atoms with Crippen LogP contribution >= 0.6 is 0 Å². The molecule has 0 atom stereocenters. The standard InChI is InChI=1S/C14H24O/c1-2-3-4-8-11-14(15)12-13-9-6-5-7-10-13/h9H,2-8,10-12H2,1H3. The number of unbranched alkanes of at least 4 members (excludes halogenated alkanes) is 3. The van der Waals surface area contributed by atoms with Gasteiger partial charge >= 0.3 is 0 Å². The number of carbonyl (C=O) groups excluding carboxylic acids is 1. The number of ketones is 1. The highest BCUT2D eigenvalue weighted by atomic mass is 16.1. The third-order valence-electron chi connectivity index (χ3n) is 3.12. The van der Waals surface area contributed by atoms with Crippen LogP contribution in [0.25, 0.3) is 0 Å². The van der Waals surface area contributed by atoms with Crippen LogP contribution in [0.1, 0.15) is 71.1 Å². The van der Waals surface area contributed by atoms with E-state index in [1.165, 1.54) is 50.5 Å². The van der Waals surface area contributed by atoms with E-state index >= 15 is 0 Å². The molecule has 0 saturated carbocycles. The molecule has 0 aromatic rings. The van der Waals surface area contributed by atoms with E-state index in [2.05, 4.69) is 13.0 Å². The Morgan fingerprint density at radius 2 is 2.13 bits per heavy atom. The number of rotatable bonds is 7. The zero-order valence-electron chi connectivity index (χ0n) is 10.1. The lowest BCUT2D eigenvalue weighted by Crippen LogP contribution is -2.02. The SMILES string of the molecule is CCCCCCC(=O)CC1=CCCCC1. The maximum absolute atomic E-state index is 11.6. The highest BCUT2D eigenvalue weighted by Crippen LogP contribution is 2.21. The lowest BCUT2D eigenvalue weighted by Gasteiger charge is -2.11. The van der Waals surface area contributed by atoms with Gasteiger partial charge in [-0.05, 0) is 32.1 Å². The van der Waals surface area contributed by atoms with E-state index in [-0.39, 0.29) is 0 Å². The monoisotopic (exact) mass is 208 g/mol. The second kappa shape index (κ2) is 7.67. The quantitative estimate of drug-likeness (QED) is 0.447. The molecule has 0 aliphatic heterocycles. The molecule has 0 spiro atoms. The summed E-state index contributed by atoms with van der Waals surface area (Å²) < 4.78 is 0. The van der Waals surface area contributed by atoms with Crippen molar-refractivity contribution in [3.63, 3.8) is 0 Å². The molecule has 0 aromatic heterocycles. The van der Waals surface area contributed by atoms with Gasteiger partial charge in [0.1, 0.15) is 5.78 Å². The summed E-state index contributed by atoms with van der Waals surface area (Å²) in [7, 11) is 0. The Bertz CT molecular complexity index is 215. The summed E-state index contributed by atoms with van der Waals surface area (Å²) in [4.78, 5) is 11.6. The van der Waals surface area contributed by atoms with Gasteiger partial charge in [-0.1, -0.05) is 37.8 Å². The number of Topliss-reactive ketones (excluding diaryl/α,β-unsaturated/α-hetero) is 1. The first-order valence-corrected chi connectivity index (χ1v) is 6.52. The minimum atomic E-state index is 0.458. The number of hydrogen-bond donors (Lipinski definition) is 0. The molecule has 0 aromatic carbocycles. The van der Waals surface area contributed by atoms with Crippen molar-refractivity contribution in [1.29, 1.82) is 0 Å². The molecule has 1 aliphatic carbocycles. The maximum atomic E-state index is 11.6. The molecule has 0 N–H and O–H groups in total. The zero-order valence-corrected chi connectivity index (χ0v) is 10.1. The summed E-state index contributed by atoms with van der Waals surface area (Å²) in [6.45, 7) is 2.20. The van der Waals surface area contributed by atoms with Gasteiger partial charge in [-0.3, -0.25) is 4.79 Å². The highest BCUT2D eigenvalue weighted by Gasteiger charge is 2.08. The van der Waals surface area contributed by atoms with Crippen LogP contribution in [-0.2, 0) is 4.79 Å². The first-order valence-electron chi connectivity index (χ1n) is 6.52. The van der Waals surface area contributed by atoms with Crippen LogP contribution in [0.2, 0.25) is 0 Å². The maximum Gasteiger partial charge on any atom is 0.136 e. The first-order chi connectivity index (χ1) is 7.33. The van der Waals surface area contributed by atoms with Gasteiger partial charge in [-0.15, -0.1) is 0 Å². The Hall–Kier alpha value is -0.590. The lowest BCUT2D eigenvalue weighted by atomic mass is 9.94. The number of carbonyl (C=O) groups is 1. The minimum Gasteiger partial charge on any atom is -0.299 e. The zero-order chi connectivity index (χ0) is 10.9. The van der Waals surface area contributed by atoms with Gasteiger partial charge in [0.25, 0.3) is 0 Å². The Morgan fingerprint density at radius 3 is 2.80 bits per heavy atom. The molecule has 0 radical (unpaired) electrons. The molecule has 86 valence electrons. The summed E-state index contributed by atoms with van der Waals surface area (Å²) in [5.74, 6) is 0.458. The van der Waals surface area contributed by atoms with Crippen molar-refractivity contribution in [3.05, 3.63) is 11.6 Å². The molecule has 0 fully saturated rings. The third kappa shape index (κ3) is 5.76. The molecule has 0 saturated heterocycles. The minimum absolute atomic E-state index is 0.458. The molecule has 1 nitrogen and oxygen atoms in total. The van der Waals surface area contributed by atoms with E-state index in [0.717, 1.165) is 19.3 Å². The molecule has 15 heavy (non-hydrogen) atoms. The first kappa shape index (κ1) is 12.5. The van der Waals surface area contributed by atoms with E-state index in [4.69, 9.17) is 0 Å². The van der Waals surface area contributed by atoms with Gasteiger partial charge in [0.05, 0.1) is 0 Å². The van der Waals surface area contributed by atoms with Crippen LogP contribution in [0.3, 0.4) is 0 Å². The van der Waals surface area contributed by atoms with Gasteiger partial charge in [-0.25, -0.2) is 0 Å². The molecule has 0 heterocycles. The van der Waals surface area contributed by atoms with E-state index in [9.17, 15) is 4.79 Å². The lowest BCUT2D eigenvalue weighted by molar-refractivity contribution is -0.118. The van der Waals surface area contributed by atoms with Gasteiger partial charge in [0.15, 0.2) is 0 Å². The molecule has 1 rings (SSSR count). The molecular weight excluding hydrogens is 184 g/mol. The average molecular weight is 208 g/mol. The fourth-order valence-electron chi connectivity index (χ4n) is 2.16. The van der Waals surface area contributed by atoms with E-state index in [1.807, 2.05) is 0 Å². The summed E-state index contributed by atoms with van der Waals surface area (Å²) in [6.07, 6.45) is 13.6. The van der Waals surface area contributed by atoms with E-state index in [0.29, 0.717) is 5.78 Å². The van der Waals surface area contributed by atoms with Crippen molar-refractivity contribution in [2.75, 3.05) is 0 Å². The van der Waals surface area contributed by atoms with Crippen molar-refractivity contribution >= 4 is 5.78 Å². The summed E-state index contributed by atoms with van der Waals surface area (Å²) in [6, 6.07) is 0. The van der Waals surface area contributed by atoms with Crippen LogP contribution in [-0.4, -0.2) is 5.78 Å². The Morgan fingerprint density at radius 1 is 1.27 bits per heavy atom. The van der Waals surface area contributed by atoms with Gasteiger partial charge in [0, 0.05) is 12.8 Å². The van der Waals surface area contributed by atoms with Crippen LogP contribution < -0.4 is 0 Å². The summed E-state index contributed by atoms with van der Waals surface area (Å²) in [5, 5.41) is 0. The van der Waals surface area contributed by atoms with Crippen LogP contribution in [0.15, 0.2) is 11.6 Å². The second-order valence-corrected chi connectivity index (χ2v) is 4.63. The topological polar surface area (TPSA) is 17.1 Å². The van der Waals surface area contributed by atoms with Crippen molar-refractivity contribution in [3.8, 4) is 0 Å². The van der Waals surface area contributed by atoms with Crippen LogP contribution in [0.5, 0.6) is 0 Å². The molecular formula is C14H24O. The van der Waals surface area contributed by atoms with Crippen LogP contribution in [0.4, 0.5) is 0 Å². The predicted molar refractivity (Wildman–Crippen MR) is 64.9 cm³/mol. The van der Waals surface area contributed by atoms with Crippen LogP contribution in [0, 0.1) is 0 Å². The van der Waals surface area contributed by atoms with E-state index < -0.39 is 0 Å². The van der Waals surface area contributed by atoms with Crippen molar-refractivity contribution in [2.45, 2.75) is 71.1 Å². The highest BCUT2D eigenvalue weighted by molar-refractivity contribution is 5.80. The Balaban J connectivity index is 2.09. The van der Waals surface area contributed by atoms with E-state index in [1.54, 1.807) is 0 Å². The number of allylic oxidation sites excluding steroid dienone is 2. The predicted octanol–water partition coefficient (Wildman–Crippen LogP) is 4.42. The fraction of sp³-hybridized carbons (Fsp3) is 0.786. The summed E-state index contributed by atoms with van der Waals surface area (Å²) >= 11 is 0. The Labute approximate surface area is 93.9 Å². The summed E-state index contributed by atoms with van der Waals surface area (Å²) in [5.41, 5.74) is 1.40. The van der Waals surface area contributed by atoms with Crippen molar-refractivity contribution < 1.29 is 4.79 Å². The fourth-order valence-corrected chi connectivity index (χ4v) is 2.16. The molecule has 1 aliphatic rings. The molecule has 1 heteroatoms. The second-order valence-electron chi connectivity index (χ2n) is 4.63. The smallest absolute Gasteiger partial charge is 0.136 e.